The van der Waals surface area contributed by atoms with E-state index in [-0.39, 0.29) is 11.3 Å². The zero-order chi connectivity index (χ0) is 25.4. The molecule has 0 spiro atoms. The zero-order valence-electron chi connectivity index (χ0n) is 21.4. The van der Waals surface area contributed by atoms with Crippen LogP contribution in [0.25, 0.3) is 45.0 Å². The molecule has 8 rings (SSSR count). The fraction of sp³-hybridized carbons (Fsp3) is 0.147. The highest BCUT2D eigenvalue weighted by Gasteiger charge is 2.38. The lowest BCUT2D eigenvalue weighted by atomic mass is 9.79. The Morgan fingerprint density at radius 3 is 2.53 bits per heavy atom. The third-order valence-corrected chi connectivity index (χ3v) is 8.52. The molecule has 0 amide bonds. The number of hydrogen-bond acceptors (Lipinski definition) is 3. The quantitative estimate of drug-likeness (QED) is 0.253. The summed E-state index contributed by atoms with van der Waals surface area (Å²) in [5.74, 6) is 1.14. The van der Waals surface area contributed by atoms with Gasteiger partial charge in [0, 0.05) is 58.5 Å². The molecule has 5 aromatic rings. The molecule has 0 N–H and O–H groups in total. The van der Waals surface area contributed by atoms with Crippen molar-refractivity contribution >= 4 is 11.8 Å². The molecule has 1 aliphatic heterocycles. The summed E-state index contributed by atoms with van der Waals surface area (Å²) in [4.78, 5) is 14.4. The lowest BCUT2D eigenvalue weighted by Gasteiger charge is -2.30. The summed E-state index contributed by atoms with van der Waals surface area (Å²) < 4.78 is 2.41. The molecule has 1 atom stereocenters. The number of benzene rings is 3. The molecule has 0 radical (unpaired) electrons. The molecule has 1 unspecified atom stereocenters. The number of nitrogens with zero attached hydrogens (tertiary/aromatic N) is 4. The number of aromatic nitrogens is 3. The van der Waals surface area contributed by atoms with E-state index in [1.807, 2.05) is 24.8 Å². The van der Waals surface area contributed by atoms with Crippen molar-refractivity contribution in [2.45, 2.75) is 31.6 Å². The van der Waals surface area contributed by atoms with Gasteiger partial charge in [-0.1, -0.05) is 74.5 Å². The topological polar surface area (TPSA) is 43.1 Å². The van der Waals surface area contributed by atoms with Crippen molar-refractivity contribution in [3.63, 3.8) is 0 Å². The minimum Gasteiger partial charge on any atom is -0.295 e. The van der Waals surface area contributed by atoms with Crippen LogP contribution in [0, 0.1) is 0 Å². The summed E-state index contributed by atoms with van der Waals surface area (Å²) in [5.41, 5.74) is 13.3. The van der Waals surface area contributed by atoms with Gasteiger partial charge < -0.3 is 0 Å². The van der Waals surface area contributed by atoms with E-state index in [1.165, 1.54) is 33.5 Å². The van der Waals surface area contributed by atoms with Gasteiger partial charge in [-0.15, -0.1) is 0 Å². The van der Waals surface area contributed by atoms with Gasteiger partial charge in [-0.3, -0.25) is 14.5 Å². The van der Waals surface area contributed by atoms with Crippen molar-refractivity contribution in [3.05, 3.63) is 120 Å². The van der Waals surface area contributed by atoms with Gasteiger partial charge >= 0.3 is 0 Å². The molecule has 0 saturated carbocycles. The van der Waals surface area contributed by atoms with E-state index in [2.05, 4.69) is 107 Å². The first-order valence-corrected chi connectivity index (χ1v) is 13.2. The van der Waals surface area contributed by atoms with Crippen LogP contribution in [0.5, 0.6) is 0 Å². The van der Waals surface area contributed by atoms with E-state index in [1.54, 1.807) is 0 Å². The summed E-state index contributed by atoms with van der Waals surface area (Å²) in [5, 5.41) is 0. The predicted molar refractivity (Wildman–Crippen MR) is 154 cm³/mol. The monoisotopic (exact) mass is 490 g/mol. The Morgan fingerprint density at radius 2 is 1.63 bits per heavy atom. The maximum absolute atomic E-state index is 5.36. The molecule has 0 saturated heterocycles. The van der Waals surface area contributed by atoms with E-state index >= 15 is 0 Å². The number of hydrogen-bond donors (Lipinski definition) is 0. The Morgan fingerprint density at radius 1 is 0.816 bits per heavy atom. The Bertz CT molecular complexity index is 1820. The normalized spacial score (nSPS) is 17.6. The number of allylic oxidation sites excluding steroid dienone is 1. The van der Waals surface area contributed by atoms with Crippen LogP contribution in [0.2, 0.25) is 0 Å². The zero-order valence-corrected chi connectivity index (χ0v) is 21.4. The number of fused-ring (bicyclic) bond motifs is 9. The number of pyridine rings is 1. The SMILES string of the molecule is CC1(C)c2ccccc2-c2ccc(-n3c(-c4ccccc4)nc4c3C3CC=NC=C3c3cnccc3-4)cc21. The van der Waals surface area contributed by atoms with Crippen LogP contribution < -0.4 is 0 Å². The predicted octanol–water partition coefficient (Wildman–Crippen LogP) is 7.82. The van der Waals surface area contributed by atoms with Crippen LogP contribution in [0.3, 0.4) is 0 Å². The van der Waals surface area contributed by atoms with Crippen LogP contribution in [-0.2, 0) is 5.41 Å². The molecule has 0 fully saturated rings. The fourth-order valence-corrected chi connectivity index (χ4v) is 6.69. The first-order chi connectivity index (χ1) is 18.6. The Labute approximate surface area is 222 Å². The molecule has 3 aromatic carbocycles. The van der Waals surface area contributed by atoms with Gasteiger partial charge in [-0.05, 0) is 52.4 Å². The number of imidazole rings is 1. The first-order valence-electron chi connectivity index (χ1n) is 13.2. The lowest BCUT2D eigenvalue weighted by molar-refractivity contribution is 0.659. The van der Waals surface area contributed by atoms with E-state index in [0.29, 0.717) is 0 Å². The van der Waals surface area contributed by atoms with Crippen molar-refractivity contribution < 1.29 is 0 Å². The highest BCUT2D eigenvalue weighted by atomic mass is 15.1. The molecule has 2 aromatic heterocycles. The molecule has 2 aliphatic carbocycles. The molecule has 4 nitrogen and oxygen atoms in total. The number of aliphatic imine (C=N–C) groups is 1. The highest BCUT2D eigenvalue weighted by molar-refractivity contribution is 5.93. The van der Waals surface area contributed by atoms with Crippen LogP contribution in [-0.4, -0.2) is 20.7 Å². The molecular weight excluding hydrogens is 464 g/mol. The summed E-state index contributed by atoms with van der Waals surface area (Å²) in [6.45, 7) is 4.68. The molecule has 38 heavy (non-hydrogen) atoms. The van der Waals surface area contributed by atoms with E-state index in [9.17, 15) is 0 Å². The largest absolute Gasteiger partial charge is 0.295 e. The minimum atomic E-state index is -0.0731. The molecule has 3 aliphatic rings. The fourth-order valence-electron chi connectivity index (χ4n) is 6.69. The Balaban J connectivity index is 1.44. The number of rotatable bonds is 2. The second-order valence-corrected chi connectivity index (χ2v) is 10.9. The maximum Gasteiger partial charge on any atom is 0.145 e. The highest BCUT2D eigenvalue weighted by Crippen LogP contribution is 2.52. The second kappa shape index (κ2) is 7.72. The molecule has 4 heteroatoms. The Kier molecular flexibility index (Phi) is 4.37. The third kappa shape index (κ3) is 2.83. The van der Waals surface area contributed by atoms with Crippen LogP contribution >= 0.6 is 0 Å². The maximum atomic E-state index is 5.36. The van der Waals surface area contributed by atoms with Gasteiger partial charge in [0.25, 0.3) is 0 Å². The molecule has 3 heterocycles. The Hall–Kier alpha value is -4.57. The summed E-state index contributed by atoms with van der Waals surface area (Å²) >= 11 is 0. The molecule has 182 valence electrons. The van der Waals surface area contributed by atoms with Gasteiger partial charge in [0.15, 0.2) is 0 Å². The molecule has 0 bridgehead atoms. The smallest absolute Gasteiger partial charge is 0.145 e. The summed E-state index contributed by atoms with van der Waals surface area (Å²) in [6.07, 6.45) is 8.72. The van der Waals surface area contributed by atoms with Gasteiger partial charge in [0.2, 0.25) is 0 Å². The summed E-state index contributed by atoms with van der Waals surface area (Å²) in [6, 6.07) is 28.4. The van der Waals surface area contributed by atoms with Crippen molar-refractivity contribution in [2.75, 3.05) is 0 Å². The summed E-state index contributed by atoms with van der Waals surface area (Å²) in [7, 11) is 0. The average molecular weight is 491 g/mol. The molecular formula is C34H26N4. The van der Waals surface area contributed by atoms with Gasteiger partial charge in [-0.25, -0.2) is 4.98 Å². The van der Waals surface area contributed by atoms with Crippen molar-refractivity contribution in [1.29, 1.82) is 0 Å². The van der Waals surface area contributed by atoms with Gasteiger partial charge in [0.1, 0.15) is 5.82 Å². The van der Waals surface area contributed by atoms with Crippen LogP contribution in [0.4, 0.5) is 0 Å². The minimum absolute atomic E-state index is 0.0731. The van der Waals surface area contributed by atoms with Gasteiger partial charge in [-0.2, -0.15) is 0 Å². The van der Waals surface area contributed by atoms with Crippen LogP contribution in [0.1, 0.15) is 48.6 Å². The second-order valence-electron chi connectivity index (χ2n) is 10.9. The van der Waals surface area contributed by atoms with E-state index in [0.717, 1.165) is 40.3 Å². The van der Waals surface area contributed by atoms with Crippen molar-refractivity contribution in [3.8, 4) is 39.5 Å². The first kappa shape index (κ1) is 21.5. The van der Waals surface area contributed by atoms with Crippen molar-refractivity contribution in [2.24, 2.45) is 4.99 Å². The van der Waals surface area contributed by atoms with Crippen molar-refractivity contribution in [1.82, 2.24) is 14.5 Å². The van der Waals surface area contributed by atoms with E-state index in [4.69, 9.17) is 4.98 Å². The van der Waals surface area contributed by atoms with E-state index < -0.39 is 0 Å². The average Bonchev–Trinajstić information content (AvgIpc) is 3.48. The van der Waals surface area contributed by atoms with Crippen LogP contribution in [0.15, 0.2) is 102 Å². The standard InChI is InChI=1S/C34H26N4/c1-34(2)29-11-7-6-10-23(29)24-13-12-22(18-30(24)34)38-32-26-15-17-36-20-28(26)27-19-35-16-14-25(27)31(32)37-33(38)21-8-4-3-5-9-21/h3-14,16-20,26H,15H2,1-2H3. The lowest BCUT2D eigenvalue weighted by Crippen LogP contribution is -2.18. The van der Waals surface area contributed by atoms with Gasteiger partial charge in [0.05, 0.1) is 11.4 Å². The third-order valence-electron chi connectivity index (χ3n) is 8.52.